The number of aryl methyl sites for hydroxylation is 2. The van der Waals surface area contributed by atoms with Crippen molar-refractivity contribution in [2.45, 2.75) is 31.3 Å². The molecule has 5 nitrogen and oxygen atoms in total. The first-order valence-electron chi connectivity index (χ1n) is 10.8. The van der Waals surface area contributed by atoms with Crippen LogP contribution in [0.2, 0.25) is 10.0 Å². The molecule has 1 heterocycles. The second kappa shape index (κ2) is 11.2. The van der Waals surface area contributed by atoms with Gasteiger partial charge in [0, 0.05) is 27.5 Å². The number of rotatable bonds is 5. The second-order valence-corrected chi connectivity index (χ2v) is 10.7. The Labute approximate surface area is 222 Å². The number of methoxy groups -OCH3 is 1. The summed E-state index contributed by atoms with van der Waals surface area (Å²) in [6.45, 7) is 3.51. The molecule has 0 amide bonds. The van der Waals surface area contributed by atoms with Gasteiger partial charge < -0.3 is 4.74 Å². The lowest BCUT2D eigenvalue weighted by molar-refractivity contribution is -0.138. The third-order valence-electron chi connectivity index (χ3n) is 5.60. The van der Waals surface area contributed by atoms with Crippen LogP contribution in [-0.2, 0) is 32.2 Å². The normalized spacial score (nSPS) is 11.7. The lowest BCUT2D eigenvalue weighted by Crippen LogP contribution is -2.17. The third-order valence-corrected chi connectivity index (χ3v) is 8.26. The number of benzene rings is 3. The van der Waals surface area contributed by atoms with Gasteiger partial charge in [0.1, 0.15) is 0 Å². The van der Waals surface area contributed by atoms with Crippen molar-refractivity contribution in [1.29, 1.82) is 0 Å². The maximum Gasteiger partial charge on any atom is 0.416 e. The van der Waals surface area contributed by atoms with Gasteiger partial charge in [0.15, 0.2) is 0 Å². The first kappa shape index (κ1) is 28.6. The smallest absolute Gasteiger partial charge is 0.416 e. The van der Waals surface area contributed by atoms with Crippen molar-refractivity contribution in [3.05, 3.63) is 98.7 Å². The molecule has 0 aliphatic carbocycles. The van der Waals surface area contributed by atoms with Gasteiger partial charge in [0.05, 0.1) is 23.1 Å². The maximum atomic E-state index is 13.6. The number of halogens is 5. The number of carbonyl (C=O) groups is 1. The zero-order valence-corrected chi connectivity index (χ0v) is 22.3. The molecule has 0 unspecified atom stereocenters. The van der Waals surface area contributed by atoms with E-state index in [0.717, 1.165) is 15.6 Å². The first-order valence-corrected chi connectivity index (χ1v) is 12.9. The average Bonchev–Trinajstić information content (AvgIpc) is 3.21. The molecular weight excluding hydrogens is 550 g/mol. The van der Waals surface area contributed by atoms with Crippen LogP contribution in [0.1, 0.15) is 27.9 Å². The van der Waals surface area contributed by atoms with Gasteiger partial charge in [-0.3, -0.25) is 4.79 Å². The molecule has 0 saturated heterocycles. The van der Waals surface area contributed by atoms with Crippen LogP contribution in [0.4, 0.5) is 13.2 Å². The van der Waals surface area contributed by atoms with Crippen molar-refractivity contribution < 1.29 is 31.1 Å². The first-order chi connectivity index (χ1) is 17.3. The van der Waals surface area contributed by atoms with E-state index in [4.69, 9.17) is 28.0 Å². The van der Waals surface area contributed by atoms with E-state index >= 15 is 0 Å². The molecule has 0 spiro atoms. The molecule has 196 valence electrons. The highest BCUT2D eigenvalue weighted by atomic mass is 35.5. The standard InChI is InChI=1S/C24H18Cl2F3NO2S.C2H4O2/c1-14-8-9-21(25)19(23(14)26)12-17-11-16-10-15(2)20(24(27,28)29)13-22(16)30(17)33(31,32)18-6-4-3-5-7-18;1-4-2-3/h3-11,13H,12H2,1-2H3;2H,1H3. The van der Waals surface area contributed by atoms with Crippen LogP contribution in [0.3, 0.4) is 0 Å². The lowest BCUT2D eigenvalue weighted by Gasteiger charge is -2.15. The van der Waals surface area contributed by atoms with Gasteiger partial charge in [-0.1, -0.05) is 47.5 Å². The van der Waals surface area contributed by atoms with Gasteiger partial charge in [0.2, 0.25) is 0 Å². The van der Waals surface area contributed by atoms with Crippen LogP contribution in [0.25, 0.3) is 10.9 Å². The molecule has 0 bridgehead atoms. The van der Waals surface area contributed by atoms with E-state index in [-0.39, 0.29) is 28.1 Å². The summed E-state index contributed by atoms with van der Waals surface area (Å²) in [6.07, 6.45) is -4.62. The summed E-state index contributed by atoms with van der Waals surface area (Å²) < 4.78 is 73.0. The minimum atomic E-state index is -4.63. The second-order valence-electron chi connectivity index (χ2n) is 8.11. The number of hydrogen-bond donors (Lipinski definition) is 0. The third kappa shape index (κ3) is 5.95. The van der Waals surface area contributed by atoms with E-state index in [1.807, 2.05) is 0 Å². The number of ether oxygens (including phenoxy) is 1. The van der Waals surface area contributed by atoms with E-state index < -0.39 is 21.8 Å². The largest absolute Gasteiger partial charge is 0.471 e. The van der Waals surface area contributed by atoms with Crippen molar-refractivity contribution in [2.75, 3.05) is 7.11 Å². The van der Waals surface area contributed by atoms with E-state index in [0.29, 0.717) is 27.5 Å². The van der Waals surface area contributed by atoms with Gasteiger partial charge >= 0.3 is 6.18 Å². The Bertz CT molecular complexity index is 1550. The van der Waals surface area contributed by atoms with Gasteiger partial charge in [0.25, 0.3) is 16.5 Å². The fourth-order valence-corrected chi connectivity index (χ4v) is 5.93. The Hall–Kier alpha value is -3.01. The summed E-state index contributed by atoms with van der Waals surface area (Å²) in [5.41, 5.74) is 0.546. The fourth-order valence-electron chi connectivity index (χ4n) is 3.87. The SMILES string of the molecule is COC=O.Cc1cc2cc(Cc3c(Cl)ccc(C)c3Cl)n(S(=O)(=O)c3ccccc3)c2cc1C(F)(F)F. The highest BCUT2D eigenvalue weighted by Crippen LogP contribution is 2.38. The van der Waals surface area contributed by atoms with Crippen molar-refractivity contribution >= 4 is 50.6 Å². The summed E-state index contributed by atoms with van der Waals surface area (Å²) in [6, 6.07) is 14.8. The monoisotopic (exact) mass is 571 g/mol. The predicted octanol–water partition coefficient (Wildman–Crippen LogP) is 7.20. The predicted molar refractivity (Wildman–Crippen MR) is 138 cm³/mol. The number of nitrogens with zero attached hydrogens (tertiary/aromatic N) is 1. The zero-order valence-electron chi connectivity index (χ0n) is 19.9. The Morgan fingerprint density at radius 2 is 1.59 bits per heavy atom. The summed E-state index contributed by atoms with van der Waals surface area (Å²) >= 11 is 12.8. The lowest BCUT2D eigenvalue weighted by atomic mass is 10.0. The molecule has 0 N–H and O–H groups in total. The van der Waals surface area contributed by atoms with Crippen LogP contribution in [-0.4, -0.2) is 26.0 Å². The average molecular weight is 572 g/mol. The Morgan fingerprint density at radius 1 is 0.973 bits per heavy atom. The molecule has 0 fully saturated rings. The van der Waals surface area contributed by atoms with Crippen LogP contribution in [0.5, 0.6) is 0 Å². The molecule has 11 heteroatoms. The van der Waals surface area contributed by atoms with Crippen molar-refractivity contribution in [2.24, 2.45) is 0 Å². The molecule has 3 aromatic carbocycles. The fraction of sp³-hybridized carbons (Fsp3) is 0.192. The molecule has 37 heavy (non-hydrogen) atoms. The Kier molecular flexibility index (Phi) is 8.62. The molecule has 0 saturated carbocycles. The van der Waals surface area contributed by atoms with Crippen molar-refractivity contribution in [1.82, 2.24) is 3.97 Å². The molecule has 0 radical (unpaired) electrons. The van der Waals surface area contributed by atoms with Crippen molar-refractivity contribution in [3.63, 3.8) is 0 Å². The van der Waals surface area contributed by atoms with Gasteiger partial charge in [-0.15, -0.1) is 0 Å². The summed E-state index contributed by atoms with van der Waals surface area (Å²) in [5.74, 6) is 0. The number of carbonyl (C=O) groups excluding carboxylic acids is 1. The molecular formula is C26H22Cl2F3NO4S. The molecule has 4 rings (SSSR count). The summed E-state index contributed by atoms with van der Waals surface area (Å²) in [5, 5.41) is 1.09. The highest BCUT2D eigenvalue weighted by Gasteiger charge is 2.34. The minimum Gasteiger partial charge on any atom is -0.471 e. The molecule has 1 aromatic heterocycles. The molecule has 0 atom stereocenters. The molecule has 0 aliphatic heterocycles. The highest BCUT2D eigenvalue weighted by molar-refractivity contribution is 7.90. The van der Waals surface area contributed by atoms with E-state index in [9.17, 15) is 21.6 Å². The zero-order chi connectivity index (χ0) is 27.5. The van der Waals surface area contributed by atoms with E-state index in [2.05, 4.69) is 4.74 Å². The summed E-state index contributed by atoms with van der Waals surface area (Å²) in [7, 11) is -2.91. The van der Waals surface area contributed by atoms with Crippen molar-refractivity contribution in [3.8, 4) is 0 Å². The minimum absolute atomic E-state index is 0.00225. The Balaban J connectivity index is 0.000000886. The maximum absolute atomic E-state index is 13.6. The van der Waals surface area contributed by atoms with E-state index in [1.54, 1.807) is 43.3 Å². The van der Waals surface area contributed by atoms with Gasteiger partial charge in [-0.05, 0) is 66.9 Å². The number of aromatic nitrogens is 1. The summed E-state index contributed by atoms with van der Waals surface area (Å²) in [4.78, 5) is 8.91. The number of hydrogen-bond acceptors (Lipinski definition) is 4. The molecule has 0 aliphatic rings. The molecule has 4 aromatic rings. The van der Waals surface area contributed by atoms with Crippen LogP contribution >= 0.6 is 23.2 Å². The topological polar surface area (TPSA) is 65.4 Å². The van der Waals surface area contributed by atoms with Crippen LogP contribution in [0.15, 0.2) is 65.6 Å². The quantitative estimate of drug-likeness (QED) is 0.237. The van der Waals surface area contributed by atoms with Crippen LogP contribution < -0.4 is 0 Å². The Morgan fingerprint density at radius 3 is 2.16 bits per heavy atom. The number of fused-ring (bicyclic) bond motifs is 1. The van der Waals surface area contributed by atoms with Crippen LogP contribution in [0, 0.1) is 13.8 Å². The van der Waals surface area contributed by atoms with Gasteiger partial charge in [-0.25, -0.2) is 12.4 Å². The number of alkyl halides is 3. The van der Waals surface area contributed by atoms with E-state index in [1.165, 1.54) is 32.2 Å². The van der Waals surface area contributed by atoms with Gasteiger partial charge in [-0.2, -0.15) is 13.2 Å².